The molecule has 0 spiro atoms. The Hall–Kier alpha value is -3.10. The van der Waals surface area contributed by atoms with Gasteiger partial charge >= 0.3 is 5.97 Å². The summed E-state index contributed by atoms with van der Waals surface area (Å²) in [6, 6.07) is 4.86. The molecule has 2 aliphatic rings. The number of nitrogens with one attached hydrogen (secondary N) is 1. The Balaban J connectivity index is 1.44. The number of hydrogen-bond acceptors (Lipinski definition) is 7. The molecule has 0 bridgehead atoms. The van der Waals surface area contributed by atoms with Crippen LogP contribution in [0.5, 0.6) is 11.5 Å². The highest BCUT2D eigenvalue weighted by Crippen LogP contribution is 2.38. The third kappa shape index (κ3) is 4.72. The van der Waals surface area contributed by atoms with Crippen LogP contribution in [-0.2, 0) is 23.9 Å². The second kappa shape index (κ2) is 9.60. The minimum absolute atomic E-state index is 0.0131. The van der Waals surface area contributed by atoms with Gasteiger partial charge in [0, 0.05) is 18.3 Å². The fourth-order valence-corrected chi connectivity index (χ4v) is 3.98. The van der Waals surface area contributed by atoms with Crippen LogP contribution in [0, 0.1) is 11.8 Å². The molecule has 9 heteroatoms. The van der Waals surface area contributed by atoms with E-state index in [2.05, 4.69) is 5.32 Å². The summed E-state index contributed by atoms with van der Waals surface area (Å²) in [5.41, 5.74) is 0.463. The number of likely N-dealkylation sites (tertiary alicyclic amines) is 1. The van der Waals surface area contributed by atoms with E-state index in [4.69, 9.17) is 14.2 Å². The third-order valence-electron chi connectivity index (χ3n) is 5.50. The maximum absolute atomic E-state index is 12.4. The Kier molecular flexibility index (Phi) is 6.91. The van der Waals surface area contributed by atoms with Crippen molar-refractivity contribution in [3.63, 3.8) is 0 Å². The molecule has 1 aliphatic heterocycles. The van der Waals surface area contributed by atoms with Crippen molar-refractivity contribution in [3.05, 3.63) is 18.2 Å². The summed E-state index contributed by atoms with van der Waals surface area (Å²) >= 11 is 0. The Labute approximate surface area is 174 Å². The average Bonchev–Trinajstić information content (AvgIpc) is 3.00. The van der Waals surface area contributed by atoms with E-state index in [0.29, 0.717) is 17.2 Å². The van der Waals surface area contributed by atoms with Crippen molar-refractivity contribution in [3.8, 4) is 11.5 Å². The monoisotopic (exact) mass is 418 g/mol. The second-order valence-electron chi connectivity index (χ2n) is 7.35. The van der Waals surface area contributed by atoms with Gasteiger partial charge in [-0.3, -0.25) is 24.1 Å². The first kappa shape index (κ1) is 21.6. The number of esters is 1. The van der Waals surface area contributed by atoms with Crippen molar-refractivity contribution in [1.82, 2.24) is 4.90 Å². The summed E-state index contributed by atoms with van der Waals surface area (Å²) in [5, 5.41) is 2.60. The van der Waals surface area contributed by atoms with Crippen molar-refractivity contribution >= 4 is 29.4 Å². The maximum Gasteiger partial charge on any atom is 0.308 e. The largest absolute Gasteiger partial charge is 0.493 e. The molecule has 3 rings (SSSR count). The minimum atomic E-state index is -0.645. The van der Waals surface area contributed by atoms with Gasteiger partial charge in [-0.1, -0.05) is 12.8 Å². The normalized spacial score (nSPS) is 20.5. The van der Waals surface area contributed by atoms with Crippen molar-refractivity contribution < 1.29 is 33.4 Å². The highest BCUT2D eigenvalue weighted by Gasteiger charge is 2.47. The molecule has 0 unspecified atom stereocenters. The predicted octanol–water partition coefficient (Wildman–Crippen LogP) is 1.75. The van der Waals surface area contributed by atoms with Gasteiger partial charge in [0.05, 0.1) is 32.5 Å². The molecule has 162 valence electrons. The Bertz CT molecular complexity index is 815. The van der Waals surface area contributed by atoms with Crippen molar-refractivity contribution in [1.29, 1.82) is 0 Å². The molecule has 0 radical (unpaired) electrons. The number of rotatable bonds is 8. The van der Waals surface area contributed by atoms with Crippen molar-refractivity contribution in [2.75, 3.05) is 32.7 Å². The predicted molar refractivity (Wildman–Crippen MR) is 106 cm³/mol. The van der Waals surface area contributed by atoms with Gasteiger partial charge in [0.2, 0.25) is 11.8 Å². The number of anilines is 1. The Morgan fingerprint density at radius 1 is 1.03 bits per heavy atom. The lowest BCUT2D eigenvalue weighted by Gasteiger charge is -2.19. The van der Waals surface area contributed by atoms with E-state index in [-0.39, 0.29) is 36.6 Å². The number of methoxy groups -OCH3 is 2. The molecule has 2 atom stereocenters. The van der Waals surface area contributed by atoms with Gasteiger partial charge in [0.1, 0.15) is 0 Å². The molecule has 1 heterocycles. The van der Waals surface area contributed by atoms with E-state index in [1.165, 1.54) is 19.1 Å². The van der Waals surface area contributed by atoms with E-state index in [1.54, 1.807) is 18.2 Å². The third-order valence-corrected chi connectivity index (χ3v) is 5.50. The minimum Gasteiger partial charge on any atom is -0.493 e. The lowest BCUT2D eigenvalue weighted by atomic mass is 9.81. The molecule has 0 aromatic heterocycles. The SMILES string of the molecule is COc1ccc(NC(=O)COC(=O)CCN2C(=O)[C@H]3CCCC[C@@H]3C2=O)cc1OC. The molecule has 1 saturated carbocycles. The summed E-state index contributed by atoms with van der Waals surface area (Å²) in [6.07, 6.45) is 3.22. The number of carbonyl (C=O) groups is 4. The summed E-state index contributed by atoms with van der Waals surface area (Å²) < 4.78 is 15.3. The zero-order valence-electron chi connectivity index (χ0n) is 17.1. The van der Waals surface area contributed by atoms with Crippen LogP contribution in [0.25, 0.3) is 0 Å². The highest BCUT2D eigenvalue weighted by atomic mass is 16.5. The molecular weight excluding hydrogens is 392 g/mol. The lowest BCUT2D eigenvalue weighted by molar-refractivity contribution is -0.148. The summed E-state index contributed by atoms with van der Waals surface area (Å²) in [5.74, 6) is -1.06. The van der Waals surface area contributed by atoms with Gasteiger partial charge in [0.15, 0.2) is 18.1 Å². The Morgan fingerprint density at radius 3 is 2.27 bits per heavy atom. The van der Waals surface area contributed by atoms with Gasteiger partial charge < -0.3 is 19.5 Å². The van der Waals surface area contributed by atoms with Crippen molar-refractivity contribution in [2.45, 2.75) is 32.1 Å². The van der Waals surface area contributed by atoms with Crippen LogP contribution < -0.4 is 14.8 Å². The number of benzene rings is 1. The lowest BCUT2D eigenvalue weighted by Crippen LogP contribution is -2.33. The first-order valence-corrected chi connectivity index (χ1v) is 9.97. The van der Waals surface area contributed by atoms with E-state index in [1.807, 2.05) is 0 Å². The first-order chi connectivity index (χ1) is 14.4. The number of nitrogens with zero attached hydrogens (tertiary/aromatic N) is 1. The first-order valence-electron chi connectivity index (χ1n) is 9.97. The van der Waals surface area contributed by atoms with E-state index >= 15 is 0 Å². The molecule has 1 aromatic carbocycles. The van der Waals surface area contributed by atoms with E-state index < -0.39 is 18.5 Å². The molecule has 30 heavy (non-hydrogen) atoms. The standard InChI is InChI=1S/C21H26N2O7/c1-28-16-8-7-13(11-17(16)29-2)22-18(24)12-30-19(25)9-10-23-20(26)14-5-3-4-6-15(14)21(23)27/h7-8,11,14-15H,3-6,9-10,12H2,1-2H3,(H,22,24)/t14-,15-/m0/s1. The summed E-state index contributed by atoms with van der Waals surface area (Å²) in [6.45, 7) is -0.485. The number of hydrogen-bond donors (Lipinski definition) is 1. The van der Waals surface area contributed by atoms with Gasteiger partial charge in [-0.25, -0.2) is 0 Å². The molecule has 1 saturated heterocycles. The van der Waals surface area contributed by atoms with Crippen molar-refractivity contribution in [2.24, 2.45) is 11.8 Å². The molecule has 9 nitrogen and oxygen atoms in total. The number of ether oxygens (including phenoxy) is 3. The number of amides is 3. The quantitative estimate of drug-likeness (QED) is 0.506. The van der Waals surface area contributed by atoms with E-state index in [9.17, 15) is 19.2 Å². The fraction of sp³-hybridized carbons (Fsp3) is 0.524. The van der Waals surface area contributed by atoms with Gasteiger partial charge in [-0.05, 0) is 25.0 Å². The summed E-state index contributed by atoms with van der Waals surface area (Å²) in [7, 11) is 2.99. The molecular formula is C21H26N2O7. The van der Waals surface area contributed by atoms with E-state index in [0.717, 1.165) is 25.7 Å². The Morgan fingerprint density at radius 2 is 1.67 bits per heavy atom. The van der Waals surface area contributed by atoms with Crippen LogP contribution in [0.4, 0.5) is 5.69 Å². The highest BCUT2D eigenvalue weighted by molar-refractivity contribution is 6.05. The maximum atomic E-state index is 12.4. The number of fused-ring (bicyclic) bond motifs is 1. The van der Waals surface area contributed by atoms with Gasteiger partial charge in [-0.15, -0.1) is 0 Å². The molecule has 1 aromatic rings. The average molecular weight is 418 g/mol. The molecule has 1 N–H and O–H groups in total. The fourth-order valence-electron chi connectivity index (χ4n) is 3.98. The number of imide groups is 1. The van der Waals surface area contributed by atoms with Crippen LogP contribution in [-0.4, -0.2) is 56.0 Å². The van der Waals surface area contributed by atoms with Crippen LogP contribution >= 0.6 is 0 Å². The smallest absolute Gasteiger partial charge is 0.308 e. The van der Waals surface area contributed by atoms with Gasteiger partial charge in [0.25, 0.3) is 5.91 Å². The van der Waals surface area contributed by atoms with Crippen LogP contribution in [0.3, 0.4) is 0 Å². The van der Waals surface area contributed by atoms with Crippen LogP contribution in [0.2, 0.25) is 0 Å². The zero-order valence-corrected chi connectivity index (χ0v) is 17.1. The van der Waals surface area contributed by atoms with Crippen LogP contribution in [0.15, 0.2) is 18.2 Å². The zero-order chi connectivity index (χ0) is 21.7. The topological polar surface area (TPSA) is 111 Å². The summed E-state index contributed by atoms with van der Waals surface area (Å²) in [4.78, 5) is 50.0. The second-order valence-corrected chi connectivity index (χ2v) is 7.35. The van der Waals surface area contributed by atoms with Crippen LogP contribution in [0.1, 0.15) is 32.1 Å². The van der Waals surface area contributed by atoms with Gasteiger partial charge in [-0.2, -0.15) is 0 Å². The number of carbonyl (C=O) groups excluding carboxylic acids is 4. The molecule has 3 amide bonds. The molecule has 1 aliphatic carbocycles. The molecule has 2 fully saturated rings.